The predicted octanol–water partition coefficient (Wildman–Crippen LogP) is 0.740. The van der Waals surface area contributed by atoms with E-state index in [0.29, 0.717) is 0 Å². The van der Waals surface area contributed by atoms with Crippen molar-refractivity contribution >= 4 is 23.3 Å². The van der Waals surface area contributed by atoms with Crippen molar-refractivity contribution in [1.82, 2.24) is 4.98 Å². The van der Waals surface area contributed by atoms with E-state index in [4.69, 9.17) is 31.9 Å². The molecule has 2 rings (SSSR count). The molecule has 1 aromatic carbocycles. The monoisotopic (exact) mass is 307 g/mol. The fourth-order valence-electron chi connectivity index (χ4n) is 1.36. The summed E-state index contributed by atoms with van der Waals surface area (Å²) in [7, 11) is 0. The van der Waals surface area contributed by atoms with Crippen LogP contribution in [0.5, 0.6) is 11.5 Å². The van der Waals surface area contributed by atoms with E-state index in [-0.39, 0.29) is 28.4 Å². The van der Waals surface area contributed by atoms with Crippen LogP contribution in [0.4, 0.5) is 11.4 Å². The standard InChI is InChI=1S/C7H5NO4.C6H8N2O2/c9-6(10)4-2-1-3-8-5(4)7(11)12;7-3-1-4(8)6(10)2-5(3)9/h1-3H,(H,9,10)(H,11,12);1-2,9-10H,7-8H2. The van der Waals surface area contributed by atoms with E-state index in [9.17, 15) is 9.59 Å². The Balaban J connectivity index is 0.000000224. The van der Waals surface area contributed by atoms with Crippen molar-refractivity contribution in [2.45, 2.75) is 0 Å². The maximum Gasteiger partial charge on any atom is 0.355 e. The molecule has 116 valence electrons. The maximum absolute atomic E-state index is 10.4. The summed E-state index contributed by atoms with van der Waals surface area (Å²) in [6.45, 7) is 0. The fourth-order valence-corrected chi connectivity index (χ4v) is 1.36. The van der Waals surface area contributed by atoms with Crippen LogP contribution in [0.15, 0.2) is 30.5 Å². The number of rotatable bonds is 2. The number of pyridine rings is 1. The molecule has 0 saturated heterocycles. The van der Waals surface area contributed by atoms with E-state index in [1.54, 1.807) is 0 Å². The number of carboxylic acids is 2. The van der Waals surface area contributed by atoms with Crippen molar-refractivity contribution in [2.24, 2.45) is 0 Å². The molecule has 1 aromatic heterocycles. The number of aromatic carboxylic acids is 2. The summed E-state index contributed by atoms with van der Waals surface area (Å²) in [5.74, 6) is -2.95. The quantitative estimate of drug-likeness (QED) is 0.265. The van der Waals surface area contributed by atoms with Crippen LogP contribution in [-0.4, -0.2) is 37.3 Å². The minimum absolute atomic E-state index is 0.160. The molecule has 0 saturated carbocycles. The Kier molecular flexibility index (Phi) is 5.11. The summed E-state index contributed by atoms with van der Waals surface area (Å²) < 4.78 is 0. The number of nitrogens with two attached hydrogens (primary N) is 2. The van der Waals surface area contributed by atoms with Crippen molar-refractivity contribution in [3.05, 3.63) is 41.7 Å². The zero-order valence-electron chi connectivity index (χ0n) is 11.1. The van der Waals surface area contributed by atoms with Crippen molar-refractivity contribution < 1.29 is 30.0 Å². The normalized spacial score (nSPS) is 9.45. The van der Waals surface area contributed by atoms with Gasteiger partial charge in [-0.2, -0.15) is 0 Å². The Morgan fingerprint density at radius 2 is 1.50 bits per heavy atom. The Bertz CT molecular complexity index is 634. The van der Waals surface area contributed by atoms with Crippen LogP contribution in [0.3, 0.4) is 0 Å². The maximum atomic E-state index is 10.4. The topological polar surface area (TPSA) is 180 Å². The summed E-state index contributed by atoms with van der Waals surface area (Å²) in [6, 6.07) is 4.96. The molecule has 0 fully saturated rings. The molecule has 0 atom stereocenters. The van der Waals surface area contributed by atoms with Gasteiger partial charge in [0.05, 0.1) is 16.9 Å². The molecule has 0 aliphatic rings. The second kappa shape index (κ2) is 6.79. The van der Waals surface area contributed by atoms with Crippen molar-refractivity contribution in [2.75, 3.05) is 11.5 Å². The second-order valence-corrected chi connectivity index (χ2v) is 3.98. The van der Waals surface area contributed by atoms with Crippen LogP contribution in [0.1, 0.15) is 20.8 Å². The number of nitrogen functional groups attached to an aromatic ring is 2. The lowest BCUT2D eigenvalue weighted by molar-refractivity contribution is 0.0646. The van der Waals surface area contributed by atoms with Gasteiger partial charge in [-0.15, -0.1) is 0 Å². The lowest BCUT2D eigenvalue weighted by Crippen LogP contribution is -2.09. The summed E-state index contributed by atoms with van der Waals surface area (Å²) in [5.41, 5.74) is 10.1. The van der Waals surface area contributed by atoms with Crippen molar-refractivity contribution in [3.8, 4) is 11.5 Å². The van der Waals surface area contributed by atoms with Crippen LogP contribution in [0.25, 0.3) is 0 Å². The first-order chi connectivity index (χ1) is 10.2. The Morgan fingerprint density at radius 3 is 1.86 bits per heavy atom. The Labute approximate surface area is 124 Å². The number of aromatic nitrogens is 1. The minimum atomic E-state index is -1.34. The molecule has 8 N–H and O–H groups in total. The summed E-state index contributed by atoms with van der Waals surface area (Å²) >= 11 is 0. The average molecular weight is 307 g/mol. The molecule has 0 amide bonds. The molecule has 0 bridgehead atoms. The van der Waals surface area contributed by atoms with Crippen LogP contribution in [0.2, 0.25) is 0 Å². The number of nitrogens with zero attached hydrogens (tertiary/aromatic N) is 1. The van der Waals surface area contributed by atoms with E-state index in [0.717, 1.165) is 6.07 Å². The van der Waals surface area contributed by atoms with Crippen molar-refractivity contribution in [1.29, 1.82) is 0 Å². The largest absolute Gasteiger partial charge is 0.506 e. The number of carboxylic acid groups (broad SMARTS) is 2. The molecule has 2 aromatic rings. The number of aromatic hydroxyl groups is 2. The molecule has 0 spiro atoms. The number of phenolic OH excluding ortho intramolecular Hbond substituents is 2. The van der Waals surface area contributed by atoms with Crippen molar-refractivity contribution in [3.63, 3.8) is 0 Å². The molecule has 9 nitrogen and oxygen atoms in total. The van der Waals surface area contributed by atoms with Crippen LogP contribution in [-0.2, 0) is 0 Å². The Morgan fingerprint density at radius 1 is 0.955 bits per heavy atom. The van der Waals surface area contributed by atoms with Crippen LogP contribution >= 0.6 is 0 Å². The summed E-state index contributed by atoms with van der Waals surface area (Å²) in [6.07, 6.45) is 1.23. The van der Waals surface area contributed by atoms with Crippen LogP contribution < -0.4 is 11.5 Å². The van der Waals surface area contributed by atoms with E-state index >= 15 is 0 Å². The molecule has 0 radical (unpaired) electrons. The first-order valence-corrected chi connectivity index (χ1v) is 5.72. The molecular formula is C13H13N3O6. The van der Waals surface area contributed by atoms with E-state index in [1.165, 1.54) is 24.4 Å². The van der Waals surface area contributed by atoms with Gasteiger partial charge in [-0.1, -0.05) is 0 Å². The molecule has 9 heteroatoms. The highest BCUT2D eigenvalue weighted by Gasteiger charge is 2.15. The number of hydrogen-bond donors (Lipinski definition) is 6. The molecule has 1 heterocycles. The number of hydrogen-bond acceptors (Lipinski definition) is 7. The summed E-state index contributed by atoms with van der Waals surface area (Å²) in [5, 5.41) is 34.8. The van der Waals surface area contributed by atoms with Gasteiger partial charge in [0.15, 0.2) is 5.69 Å². The Hall–Kier alpha value is -3.49. The van der Waals surface area contributed by atoms with Gasteiger partial charge in [0, 0.05) is 12.3 Å². The lowest BCUT2D eigenvalue weighted by atomic mass is 10.2. The number of anilines is 2. The highest BCUT2D eigenvalue weighted by Crippen LogP contribution is 2.30. The van der Waals surface area contributed by atoms with Gasteiger partial charge in [-0.3, -0.25) is 0 Å². The van der Waals surface area contributed by atoms with Gasteiger partial charge in [0.2, 0.25) is 0 Å². The number of carbonyl (C=O) groups is 2. The third-order valence-electron chi connectivity index (χ3n) is 2.42. The predicted molar refractivity (Wildman–Crippen MR) is 76.8 cm³/mol. The molecule has 0 unspecified atom stereocenters. The molecular weight excluding hydrogens is 294 g/mol. The lowest BCUT2D eigenvalue weighted by Gasteiger charge is -2.01. The van der Waals surface area contributed by atoms with Gasteiger partial charge < -0.3 is 31.9 Å². The van der Waals surface area contributed by atoms with Gasteiger partial charge in [-0.05, 0) is 18.2 Å². The van der Waals surface area contributed by atoms with E-state index in [2.05, 4.69) is 4.98 Å². The molecule has 0 aliphatic heterocycles. The zero-order valence-corrected chi connectivity index (χ0v) is 11.1. The first kappa shape index (κ1) is 16.6. The summed E-state index contributed by atoms with van der Waals surface area (Å²) in [4.78, 5) is 24.2. The first-order valence-electron chi connectivity index (χ1n) is 5.72. The van der Waals surface area contributed by atoms with Gasteiger partial charge in [0.1, 0.15) is 11.5 Å². The van der Waals surface area contributed by atoms with Crippen LogP contribution in [0, 0.1) is 0 Å². The minimum Gasteiger partial charge on any atom is -0.506 e. The SMILES string of the molecule is Nc1cc(N)c(O)cc1O.O=C(O)c1cccnc1C(=O)O. The highest BCUT2D eigenvalue weighted by atomic mass is 16.4. The number of benzene rings is 1. The fraction of sp³-hybridized carbons (Fsp3) is 0. The van der Waals surface area contributed by atoms with Gasteiger partial charge in [-0.25, -0.2) is 14.6 Å². The third kappa shape index (κ3) is 4.00. The second-order valence-electron chi connectivity index (χ2n) is 3.98. The zero-order chi connectivity index (χ0) is 16.9. The third-order valence-corrected chi connectivity index (χ3v) is 2.42. The number of phenols is 2. The van der Waals surface area contributed by atoms with Gasteiger partial charge in [0.25, 0.3) is 0 Å². The molecule has 22 heavy (non-hydrogen) atoms. The highest BCUT2D eigenvalue weighted by molar-refractivity contribution is 6.00. The van der Waals surface area contributed by atoms with E-state index in [1.807, 2.05) is 0 Å². The smallest absolute Gasteiger partial charge is 0.355 e. The average Bonchev–Trinajstić information content (AvgIpc) is 2.46. The molecule has 0 aliphatic carbocycles. The van der Waals surface area contributed by atoms with E-state index < -0.39 is 17.6 Å². The van der Waals surface area contributed by atoms with Gasteiger partial charge >= 0.3 is 11.9 Å².